The number of anilines is 3. The van der Waals surface area contributed by atoms with E-state index in [4.69, 9.17) is 4.98 Å². The van der Waals surface area contributed by atoms with Crippen molar-refractivity contribution >= 4 is 60.7 Å². The van der Waals surface area contributed by atoms with Gasteiger partial charge in [-0.15, -0.1) is 11.3 Å². The van der Waals surface area contributed by atoms with Gasteiger partial charge in [-0.1, -0.05) is 153 Å². The molecule has 0 fully saturated rings. The second-order valence-electron chi connectivity index (χ2n) is 15.5. The fraction of sp³-hybridized carbons (Fsp3) is 0.0577. The molecule has 0 amide bonds. The van der Waals surface area contributed by atoms with E-state index in [0.717, 1.165) is 22.1 Å². The van der Waals surface area contributed by atoms with Crippen LogP contribution < -0.4 is 4.90 Å². The molecule has 1 heterocycles. The van der Waals surface area contributed by atoms with Crippen molar-refractivity contribution in [2.45, 2.75) is 19.3 Å². The lowest BCUT2D eigenvalue weighted by atomic mass is 9.82. The average molecular weight is 719 g/mol. The van der Waals surface area contributed by atoms with Gasteiger partial charge in [-0.2, -0.15) is 0 Å². The zero-order chi connectivity index (χ0) is 36.4. The van der Waals surface area contributed by atoms with Crippen LogP contribution in [0, 0.1) is 0 Å². The first-order valence-electron chi connectivity index (χ1n) is 19.0. The molecule has 55 heavy (non-hydrogen) atoms. The molecule has 2 nitrogen and oxygen atoms in total. The Kier molecular flexibility index (Phi) is 6.31. The first kappa shape index (κ1) is 30.9. The Hall–Kier alpha value is -6.55. The van der Waals surface area contributed by atoms with Crippen molar-refractivity contribution in [1.29, 1.82) is 0 Å². The summed E-state index contributed by atoms with van der Waals surface area (Å²) in [6.07, 6.45) is 0. The van der Waals surface area contributed by atoms with Gasteiger partial charge in [-0.25, -0.2) is 4.98 Å². The Morgan fingerprint density at radius 1 is 0.473 bits per heavy atom. The van der Waals surface area contributed by atoms with Crippen LogP contribution in [0.1, 0.15) is 25.0 Å². The molecule has 3 heteroatoms. The molecule has 12 rings (SSSR count). The van der Waals surface area contributed by atoms with Gasteiger partial charge in [0.05, 0.1) is 21.9 Å². The fourth-order valence-electron chi connectivity index (χ4n) is 9.63. The first-order valence-corrected chi connectivity index (χ1v) is 19.9. The van der Waals surface area contributed by atoms with E-state index in [2.05, 4.69) is 189 Å². The van der Waals surface area contributed by atoms with Crippen molar-refractivity contribution in [3.8, 4) is 54.5 Å². The maximum Gasteiger partial charge on any atom is 0.124 e. The van der Waals surface area contributed by atoms with E-state index in [-0.39, 0.29) is 5.41 Å². The van der Waals surface area contributed by atoms with Crippen LogP contribution >= 0.6 is 11.3 Å². The van der Waals surface area contributed by atoms with Crippen LogP contribution in [-0.2, 0) is 5.41 Å². The summed E-state index contributed by atoms with van der Waals surface area (Å²) >= 11 is 1.81. The SMILES string of the molecule is CC1(C)c2ccccc2-c2ccc(N(c3ccccc3-c3ccccc3)c3ccc4cc5c6c(ccc7ccc3c4c76)-c3nc(-c4ccccc4)sc3-5)cc21. The number of rotatable bonds is 5. The van der Waals surface area contributed by atoms with Crippen LogP contribution in [0.4, 0.5) is 17.1 Å². The molecule has 1 aromatic heterocycles. The highest BCUT2D eigenvalue weighted by Crippen LogP contribution is 2.56. The number of hydrogen-bond acceptors (Lipinski definition) is 3. The number of thiazole rings is 1. The van der Waals surface area contributed by atoms with Gasteiger partial charge in [-0.3, -0.25) is 0 Å². The lowest BCUT2D eigenvalue weighted by Gasteiger charge is -2.31. The summed E-state index contributed by atoms with van der Waals surface area (Å²) in [5.41, 5.74) is 16.0. The fourth-order valence-corrected chi connectivity index (χ4v) is 10.7. The van der Waals surface area contributed by atoms with Crippen LogP contribution in [-0.4, -0.2) is 4.98 Å². The summed E-state index contributed by atoms with van der Waals surface area (Å²) in [6.45, 7) is 4.74. The van der Waals surface area contributed by atoms with Gasteiger partial charge in [0.2, 0.25) is 0 Å². The minimum absolute atomic E-state index is 0.120. The second-order valence-corrected chi connectivity index (χ2v) is 16.5. The molecule has 0 unspecified atom stereocenters. The van der Waals surface area contributed by atoms with Gasteiger partial charge in [0.15, 0.2) is 0 Å². The Morgan fingerprint density at radius 3 is 1.98 bits per heavy atom. The van der Waals surface area contributed by atoms with Gasteiger partial charge < -0.3 is 4.90 Å². The zero-order valence-corrected chi connectivity index (χ0v) is 31.3. The smallest absolute Gasteiger partial charge is 0.124 e. The third kappa shape index (κ3) is 4.27. The highest BCUT2D eigenvalue weighted by Gasteiger charge is 2.36. The van der Waals surface area contributed by atoms with Crippen LogP contribution in [0.5, 0.6) is 0 Å². The normalized spacial score (nSPS) is 13.4. The molecule has 0 saturated carbocycles. The molecule has 0 spiro atoms. The lowest BCUT2D eigenvalue weighted by Crippen LogP contribution is -2.17. The topological polar surface area (TPSA) is 16.1 Å². The molecular formula is C52H34N2S. The molecular weight excluding hydrogens is 685 g/mol. The van der Waals surface area contributed by atoms with E-state index in [1.54, 1.807) is 0 Å². The third-order valence-corrected chi connectivity index (χ3v) is 13.3. The Bertz CT molecular complexity index is 3170. The quantitative estimate of drug-likeness (QED) is 0.165. The number of nitrogens with zero attached hydrogens (tertiary/aromatic N) is 2. The molecule has 0 aliphatic heterocycles. The molecule has 10 aromatic rings. The summed E-state index contributed by atoms with van der Waals surface area (Å²) < 4.78 is 0. The molecule has 0 radical (unpaired) electrons. The van der Waals surface area contributed by atoms with Crippen LogP contribution in [0.25, 0.3) is 86.8 Å². The largest absolute Gasteiger partial charge is 0.309 e. The van der Waals surface area contributed by atoms with Crippen molar-refractivity contribution in [2.24, 2.45) is 0 Å². The maximum absolute atomic E-state index is 5.27. The van der Waals surface area contributed by atoms with Crippen molar-refractivity contribution in [1.82, 2.24) is 4.98 Å². The molecule has 0 N–H and O–H groups in total. The molecule has 0 bridgehead atoms. The van der Waals surface area contributed by atoms with Crippen LogP contribution in [0.15, 0.2) is 170 Å². The van der Waals surface area contributed by atoms with Crippen LogP contribution in [0.2, 0.25) is 0 Å². The van der Waals surface area contributed by atoms with Gasteiger partial charge in [0.25, 0.3) is 0 Å². The number of benzene rings is 9. The third-order valence-electron chi connectivity index (χ3n) is 12.2. The van der Waals surface area contributed by atoms with Gasteiger partial charge in [-0.05, 0) is 79.7 Å². The van der Waals surface area contributed by atoms with Crippen molar-refractivity contribution in [3.05, 3.63) is 181 Å². The Labute approximate surface area is 324 Å². The number of fused-ring (bicyclic) bond motifs is 6. The minimum Gasteiger partial charge on any atom is -0.309 e. The molecule has 258 valence electrons. The lowest BCUT2D eigenvalue weighted by molar-refractivity contribution is 0.660. The molecule has 0 saturated heterocycles. The number of para-hydroxylation sites is 1. The Balaban J connectivity index is 1.12. The summed E-state index contributed by atoms with van der Waals surface area (Å²) in [5, 5.41) is 8.81. The summed E-state index contributed by atoms with van der Waals surface area (Å²) in [6, 6.07) is 62.7. The monoisotopic (exact) mass is 718 g/mol. The van der Waals surface area contributed by atoms with E-state index in [1.807, 2.05) is 11.3 Å². The Morgan fingerprint density at radius 2 is 1.15 bits per heavy atom. The molecule has 9 aromatic carbocycles. The predicted octanol–water partition coefficient (Wildman–Crippen LogP) is 14.8. The van der Waals surface area contributed by atoms with Crippen molar-refractivity contribution in [3.63, 3.8) is 0 Å². The standard InChI is InChI=1S/C52H34N2S/c1-52(2)42-19-11-9-18-37(42)38-27-24-35(30-43(38)52)54(44-20-12-10-17-36(44)31-13-5-3-6-14-31)45-28-23-34-29-41-48-40(26-22-32-21-25-39(45)46(34)47(32)48)49-50(41)55-51(53-49)33-15-7-4-8-16-33/h3-30H,1-2H3. The van der Waals surface area contributed by atoms with E-state index in [0.29, 0.717) is 0 Å². The van der Waals surface area contributed by atoms with Gasteiger partial charge >= 0.3 is 0 Å². The van der Waals surface area contributed by atoms with Gasteiger partial charge in [0.1, 0.15) is 5.01 Å². The maximum atomic E-state index is 5.27. The van der Waals surface area contributed by atoms with Gasteiger partial charge in [0, 0.05) is 44.1 Å². The van der Waals surface area contributed by atoms with E-state index in [1.165, 1.54) is 93.0 Å². The van der Waals surface area contributed by atoms with Crippen molar-refractivity contribution in [2.75, 3.05) is 4.90 Å². The summed E-state index contributed by atoms with van der Waals surface area (Å²) in [5.74, 6) is 0. The van der Waals surface area contributed by atoms with Crippen LogP contribution in [0.3, 0.4) is 0 Å². The van der Waals surface area contributed by atoms with E-state index < -0.39 is 0 Å². The molecule has 0 atom stereocenters. The van der Waals surface area contributed by atoms with E-state index in [9.17, 15) is 0 Å². The van der Waals surface area contributed by atoms with E-state index >= 15 is 0 Å². The second kappa shape index (κ2) is 11.2. The minimum atomic E-state index is -0.120. The number of aromatic nitrogens is 1. The molecule has 2 aliphatic carbocycles. The predicted molar refractivity (Wildman–Crippen MR) is 233 cm³/mol. The highest BCUT2D eigenvalue weighted by atomic mass is 32.1. The summed E-state index contributed by atoms with van der Waals surface area (Å²) in [7, 11) is 0. The first-order chi connectivity index (χ1) is 27.0. The highest BCUT2D eigenvalue weighted by molar-refractivity contribution is 7.19. The molecule has 2 aliphatic rings. The average Bonchev–Trinajstić information content (AvgIpc) is 3.87. The zero-order valence-electron chi connectivity index (χ0n) is 30.5. The summed E-state index contributed by atoms with van der Waals surface area (Å²) in [4.78, 5) is 9.06. The van der Waals surface area contributed by atoms with Crippen molar-refractivity contribution < 1.29 is 0 Å². The number of hydrogen-bond donors (Lipinski definition) is 0.